The van der Waals surface area contributed by atoms with Gasteiger partial charge in [0.1, 0.15) is 17.1 Å². The number of primary amides is 2. The van der Waals surface area contributed by atoms with Crippen LogP contribution < -0.4 is 17.2 Å². The third-order valence-corrected chi connectivity index (χ3v) is 6.35. The second-order valence-electron chi connectivity index (χ2n) is 8.44. The fourth-order valence-corrected chi connectivity index (χ4v) is 4.54. The summed E-state index contributed by atoms with van der Waals surface area (Å²) < 4.78 is 1.66. The van der Waals surface area contributed by atoms with Crippen molar-refractivity contribution in [3.8, 4) is 22.5 Å². The highest BCUT2D eigenvalue weighted by Gasteiger charge is 2.29. The second kappa shape index (κ2) is 8.51. The van der Waals surface area contributed by atoms with Crippen LogP contribution in [-0.2, 0) is 0 Å². The highest BCUT2D eigenvalue weighted by molar-refractivity contribution is 6.04. The molecule has 1 saturated heterocycles. The topological polar surface area (TPSA) is 146 Å². The predicted octanol–water partition coefficient (Wildman–Crippen LogP) is 3.16. The number of likely N-dealkylation sites (tertiary alicyclic amines) is 1. The number of carbonyl (C=O) groups excluding carboxylic acids is 2. The first-order valence-corrected chi connectivity index (χ1v) is 11.1. The highest BCUT2D eigenvalue weighted by atomic mass is 16.2. The molecule has 0 spiro atoms. The van der Waals surface area contributed by atoms with Crippen LogP contribution in [0.25, 0.3) is 33.4 Å². The van der Waals surface area contributed by atoms with Crippen LogP contribution in [-0.4, -0.2) is 44.7 Å². The molecule has 9 heteroatoms. The van der Waals surface area contributed by atoms with Gasteiger partial charge in [-0.25, -0.2) is 14.5 Å². The number of rotatable bonds is 4. The maximum atomic E-state index is 12.4. The zero-order chi connectivity index (χ0) is 23.8. The predicted molar refractivity (Wildman–Crippen MR) is 131 cm³/mol. The lowest BCUT2D eigenvalue weighted by Gasteiger charge is -2.31. The van der Waals surface area contributed by atoms with Crippen molar-refractivity contribution in [2.24, 2.45) is 11.5 Å². The van der Waals surface area contributed by atoms with Crippen molar-refractivity contribution in [3.05, 3.63) is 66.2 Å². The molecule has 2 aromatic carbocycles. The Bertz CT molecular complexity index is 1390. The number of carbonyl (C=O) groups is 2. The number of nitrogens with two attached hydrogens (primary N) is 3. The number of nitrogens with zero attached hydrogens (tertiary/aromatic N) is 4. The summed E-state index contributed by atoms with van der Waals surface area (Å²) in [5.41, 5.74) is 21.4. The van der Waals surface area contributed by atoms with Crippen molar-refractivity contribution in [2.45, 2.75) is 18.9 Å². The van der Waals surface area contributed by atoms with E-state index in [0.717, 1.165) is 22.2 Å². The average molecular weight is 456 g/mol. The smallest absolute Gasteiger partial charge is 0.314 e. The fourth-order valence-electron chi connectivity index (χ4n) is 4.54. The molecule has 0 aliphatic carbocycles. The Morgan fingerprint density at radius 2 is 1.62 bits per heavy atom. The van der Waals surface area contributed by atoms with Gasteiger partial charge >= 0.3 is 6.03 Å². The van der Waals surface area contributed by atoms with E-state index >= 15 is 0 Å². The molecular formula is C25H25N7O2. The number of benzene rings is 2. The number of hydrogen-bond donors (Lipinski definition) is 3. The molecule has 2 aromatic heterocycles. The lowest BCUT2D eigenvalue weighted by Crippen LogP contribution is -2.42. The van der Waals surface area contributed by atoms with E-state index in [1.807, 2.05) is 60.7 Å². The third kappa shape index (κ3) is 3.81. The van der Waals surface area contributed by atoms with Gasteiger partial charge in [-0.05, 0) is 25.0 Å². The van der Waals surface area contributed by atoms with Crippen LogP contribution in [0.2, 0.25) is 0 Å². The van der Waals surface area contributed by atoms with Gasteiger partial charge in [0.2, 0.25) is 0 Å². The lowest BCUT2D eigenvalue weighted by atomic mass is 10.0. The van der Waals surface area contributed by atoms with Crippen molar-refractivity contribution in [3.63, 3.8) is 0 Å². The largest absolute Gasteiger partial charge is 0.383 e. The summed E-state index contributed by atoms with van der Waals surface area (Å²) in [4.78, 5) is 30.2. The minimum absolute atomic E-state index is 0.0642. The van der Waals surface area contributed by atoms with Gasteiger partial charge < -0.3 is 22.1 Å². The molecule has 6 N–H and O–H groups in total. The Kier molecular flexibility index (Phi) is 5.37. The van der Waals surface area contributed by atoms with Crippen LogP contribution in [0.3, 0.4) is 0 Å². The van der Waals surface area contributed by atoms with Gasteiger partial charge in [0.25, 0.3) is 5.91 Å². The monoisotopic (exact) mass is 455 g/mol. The van der Waals surface area contributed by atoms with Crippen molar-refractivity contribution in [2.75, 3.05) is 18.8 Å². The molecule has 0 saturated carbocycles. The third-order valence-electron chi connectivity index (χ3n) is 6.35. The van der Waals surface area contributed by atoms with E-state index in [9.17, 15) is 9.59 Å². The van der Waals surface area contributed by atoms with E-state index in [1.54, 1.807) is 9.58 Å². The molecule has 1 aliphatic rings. The second-order valence-corrected chi connectivity index (χ2v) is 8.44. The molecule has 0 bridgehead atoms. The Morgan fingerprint density at radius 3 is 2.29 bits per heavy atom. The quantitative estimate of drug-likeness (QED) is 0.432. The van der Waals surface area contributed by atoms with Gasteiger partial charge in [0.05, 0.1) is 17.3 Å². The molecule has 34 heavy (non-hydrogen) atoms. The van der Waals surface area contributed by atoms with Gasteiger partial charge in [-0.1, -0.05) is 48.5 Å². The zero-order valence-corrected chi connectivity index (χ0v) is 18.5. The van der Waals surface area contributed by atoms with Crippen LogP contribution in [0.5, 0.6) is 0 Å². The summed E-state index contributed by atoms with van der Waals surface area (Å²) >= 11 is 0. The fraction of sp³-hybridized carbons (Fsp3) is 0.200. The summed E-state index contributed by atoms with van der Waals surface area (Å²) in [6, 6.07) is 19.2. The van der Waals surface area contributed by atoms with E-state index in [1.165, 1.54) is 0 Å². The maximum Gasteiger partial charge on any atom is 0.314 e. The molecule has 9 nitrogen and oxygen atoms in total. The maximum absolute atomic E-state index is 12.4. The van der Waals surface area contributed by atoms with E-state index in [0.29, 0.717) is 37.2 Å². The molecular weight excluding hydrogens is 430 g/mol. The van der Waals surface area contributed by atoms with Gasteiger partial charge in [0, 0.05) is 29.6 Å². The molecule has 3 heterocycles. The van der Waals surface area contributed by atoms with Crippen LogP contribution in [0.15, 0.2) is 60.7 Å². The molecule has 0 radical (unpaired) electrons. The summed E-state index contributed by atoms with van der Waals surface area (Å²) in [7, 11) is 0. The average Bonchev–Trinajstić information content (AvgIpc) is 3.21. The van der Waals surface area contributed by atoms with E-state index in [2.05, 4.69) is 0 Å². The summed E-state index contributed by atoms with van der Waals surface area (Å²) in [6.07, 6.45) is 1.26. The number of hydrogen-bond acceptors (Lipinski definition) is 5. The van der Waals surface area contributed by atoms with Gasteiger partial charge in [0.15, 0.2) is 0 Å². The number of pyridine rings is 1. The van der Waals surface area contributed by atoms with Crippen molar-refractivity contribution < 1.29 is 9.59 Å². The van der Waals surface area contributed by atoms with Crippen LogP contribution in [0, 0.1) is 0 Å². The molecule has 1 fully saturated rings. The Labute approximate surface area is 196 Å². The number of fused-ring (bicyclic) bond motifs is 1. The van der Waals surface area contributed by atoms with E-state index in [4.69, 9.17) is 27.3 Å². The lowest BCUT2D eigenvalue weighted by molar-refractivity contribution is 0.100. The first-order valence-electron chi connectivity index (χ1n) is 11.1. The molecule has 1 aliphatic heterocycles. The van der Waals surface area contributed by atoms with E-state index < -0.39 is 11.9 Å². The molecule has 0 unspecified atom stereocenters. The molecule has 4 aromatic rings. The Balaban J connectivity index is 1.55. The summed E-state index contributed by atoms with van der Waals surface area (Å²) in [5.74, 6) is -0.412. The standard InChI is InChI=1S/C25H25N7O2/c26-23-21(24(27)33)22(30-32(23)18-10-12-31(13-11-18)25(28)34)17-7-6-16-8-9-19(29-20(16)14-17)15-4-2-1-3-5-15/h1-9,14,18H,10-13,26H2,(H2,27,33)(H2,28,34). The summed E-state index contributed by atoms with van der Waals surface area (Å²) in [5, 5.41) is 5.68. The molecule has 172 valence electrons. The molecule has 0 atom stereocenters. The minimum atomic E-state index is -0.639. The van der Waals surface area contributed by atoms with Crippen molar-refractivity contribution in [1.29, 1.82) is 0 Å². The number of aromatic nitrogens is 3. The van der Waals surface area contributed by atoms with Gasteiger partial charge in [-0.2, -0.15) is 5.10 Å². The first kappa shape index (κ1) is 21.4. The van der Waals surface area contributed by atoms with Gasteiger partial charge in [-0.3, -0.25) is 4.79 Å². The number of amides is 3. The number of anilines is 1. The normalized spacial score (nSPS) is 14.4. The Hall–Kier alpha value is -4.40. The van der Waals surface area contributed by atoms with Crippen molar-refractivity contribution >= 4 is 28.7 Å². The Morgan fingerprint density at radius 1 is 0.912 bits per heavy atom. The number of nitrogen functional groups attached to an aromatic ring is 1. The van der Waals surface area contributed by atoms with Crippen LogP contribution in [0.4, 0.5) is 10.6 Å². The zero-order valence-electron chi connectivity index (χ0n) is 18.5. The van der Waals surface area contributed by atoms with E-state index in [-0.39, 0.29) is 17.4 Å². The number of urea groups is 1. The molecule has 5 rings (SSSR count). The molecule has 3 amide bonds. The number of piperidine rings is 1. The van der Waals surface area contributed by atoms with Crippen molar-refractivity contribution in [1.82, 2.24) is 19.7 Å². The first-order chi connectivity index (χ1) is 16.4. The highest BCUT2D eigenvalue weighted by Crippen LogP contribution is 2.34. The van der Waals surface area contributed by atoms with Gasteiger partial charge in [-0.15, -0.1) is 0 Å². The summed E-state index contributed by atoms with van der Waals surface area (Å²) in [6.45, 7) is 1.01. The SMILES string of the molecule is NC(=O)c1c(-c2ccc3ccc(-c4ccccc4)nc3c2)nn(C2CCN(C(N)=O)CC2)c1N. The van der Waals surface area contributed by atoms with Crippen LogP contribution in [0.1, 0.15) is 29.2 Å². The minimum Gasteiger partial charge on any atom is -0.383 e. The van der Waals surface area contributed by atoms with Crippen LogP contribution >= 0.6 is 0 Å².